The van der Waals surface area contributed by atoms with Crippen LogP contribution in [0.4, 0.5) is 4.39 Å². The predicted octanol–water partition coefficient (Wildman–Crippen LogP) is 3.70. The van der Waals surface area contributed by atoms with Crippen molar-refractivity contribution in [3.8, 4) is 0 Å². The number of likely N-dealkylation sites (N-methyl/N-ethyl adjacent to an activating group) is 1. The van der Waals surface area contributed by atoms with Crippen LogP contribution in [0.2, 0.25) is 0 Å². The molecule has 0 aliphatic carbocycles. The first-order valence-corrected chi connectivity index (χ1v) is 6.59. The van der Waals surface area contributed by atoms with Gasteiger partial charge in [-0.2, -0.15) is 11.3 Å². The molecule has 1 unspecified atom stereocenters. The van der Waals surface area contributed by atoms with E-state index in [1.54, 1.807) is 24.3 Å². The number of hydrogen-bond donors (Lipinski definition) is 1. The summed E-state index contributed by atoms with van der Waals surface area (Å²) in [6.45, 7) is 1.80. The van der Waals surface area contributed by atoms with Crippen molar-refractivity contribution in [1.29, 1.82) is 0 Å². The van der Waals surface area contributed by atoms with Crippen molar-refractivity contribution >= 4 is 11.3 Å². The topological polar surface area (TPSA) is 12.0 Å². The molecule has 1 aromatic carbocycles. The van der Waals surface area contributed by atoms with Gasteiger partial charge in [0.1, 0.15) is 5.82 Å². The van der Waals surface area contributed by atoms with Gasteiger partial charge >= 0.3 is 0 Å². The third-order valence-corrected chi connectivity index (χ3v) is 3.68. The maximum Gasteiger partial charge on any atom is 0.126 e. The Kier molecular flexibility index (Phi) is 3.92. The van der Waals surface area contributed by atoms with Gasteiger partial charge in [0, 0.05) is 6.04 Å². The first kappa shape index (κ1) is 12.3. The van der Waals surface area contributed by atoms with Gasteiger partial charge in [0.25, 0.3) is 0 Å². The highest BCUT2D eigenvalue weighted by Gasteiger charge is 2.11. The highest BCUT2D eigenvalue weighted by molar-refractivity contribution is 7.07. The lowest BCUT2D eigenvalue weighted by molar-refractivity contribution is 0.583. The van der Waals surface area contributed by atoms with Crippen molar-refractivity contribution in [3.05, 3.63) is 57.5 Å². The molecule has 1 N–H and O–H groups in total. The zero-order valence-corrected chi connectivity index (χ0v) is 10.9. The van der Waals surface area contributed by atoms with Crippen LogP contribution in [0.15, 0.2) is 35.0 Å². The van der Waals surface area contributed by atoms with Crippen LogP contribution < -0.4 is 5.32 Å². The fourth-order valence-corrected chi connectivity index (χ4v) is 2.60. The minimum atomic E-state index is -0.140. The van der Waals surface area contributed by atoms with E-state index < -0.39 is 0 Å². The van der Waals surface area contributed by atoms with Crippen LogP contribution in [0.25, 0.3) is 0 Å². The molecule has 1 atom stereocenters. The van der Waals surface area contributed by atoms with Crippen molar-refractivity contribution < 1.29 is 4.39 Å². The second-order valence-electron chi connectivity index (χ2n) is 4.19. The molecule has 0 amide bonds. The molecule has 90 valence electrons. The lowest BCUT2D eigenvalue weighted by Gasteiger charge is -2.16. The maximum atomic E-state index is 13.2. The van der Waals surface area contributed by atoms with Gasteiger partial charge in [-0.05, 0) is 60.0 Å². The molecule has 3 heteroatoms. The molecule has 1 aromatic heterocycles. The fraction of sp³-hybridized carbons (Fsp3) is 0.286. The normalized spacial score (nSPS) is 12.6. The SMILES string of the molecule is CNC(Cc1ccsc1)c1ccc(F)c(C)c1. The monoisotopic (exact) mass is 249 g/mol. The Morgan fingerprint density at radius 3 is 2.76 bits per heavy atom. The molecule has 0 aliphatic heterocycles. The average molecular weight is 249 g/mol. The number of hydrogen-bond acceptors (Lipinski definition) is 2. The smallest absolute Gasteiger partial charge is 0.126 e. The number of halogens is 1. The molecular weight excluding hydrogens is 233 g/mol. The maximum absolute atomic E-state index is 13.2. The van der Waals surface area contributed by atoms with Crippen LogP contribution >= 0.6 is 11.3 Å². The minimum Gasteiger partial charge on any atom is -0.313 e. The Balaban J connectivity index is 2.20. The summed E-state index contributed by atoms with van der Waals surface area (Å²) in [5.74, 6) is -0.140. The molecule has 0 aliphatic rings. The number of nitrogens with one attached hydrogen (secondary N) is 1. The van der Waals surface area contributed by atoms with Gasteiger partial charge in [-0.3, -0.25) is 0 Å². The number of benzene rings is 1. The summed E-state index contributed by atoms with van der Waals surface area (Å²) < 4.78 is 13.2. The number of aryl methyl sites for hydroxylation is 1. The summed E-state index contributed by atoms with van der Waals surface area (Å²) in [5.41, 5.74) is 3.15. The molecule has 2 rings (SSSR count). The Hall–Kier alpha value is -1.19. The van der Waals surface area contributed by atoms with Crippen molar-refractivity contribution in [1.82, 2.24) is 5.32 Å². The molecule has 0 radical (unpaired) electrons. The number of thiophene rings is 1. The van der Waals surface area contributed by atoms with Crippen molar-refractivity contribution in [2.24, 2.45) is 0 Å². The van der Waals surface area contributed by atoms with E-state index in [1.807, 2.05) is 19.2 Å². The molecule has 0 saturated heterocycles. The van der Waals surface area contributed by atoms with Gasteiger partial charge in [-0.1, -0.05) is 12.1 Å². The summed E-state index contributed by atoms with van der Waals surface area (Å²) in [6.07, 6.45) is 0.936. The zero-order chi connectivity index (χ0) is 12.3. The van der Waals surface area contributed by atoms with Gasteiger partial charge in [-0.25, -0.2) is 4.39 Å². The standard InChI is InChI=1S/C14H16FNS/c1-10-7-12(3-4-13(10)15)14(16-2)8-11-5-6-17-9-11/h3-7,9,14,16H,8H2,1-2H3. The lowest BCUT2D eigenvalue weighted by Crippen LogP contribution is -2.18. The van der Waals surface area contributed by atoms with Gasteiger partial charge in [0.05, 0.1) is 0 Å². The minimum absolute atomic E-state index is 0.140. The predicted molar refractivity (Wildman–Crippen MR) is 71.0 cm³/mol. The van der Waals surface area contributed by atoms with E-state index in [1.165, 1.54) is 5.56 Å². The molecule has 17 heavy (non-hydrogen) atoms. The molecule has 0 saturated carbocycles. The zero-order valence-electron chi connectivity index (χ0n) is 10.0. The van der Waals surface area contributed by atoms with Gasteiger partial charge < -0.3 is 5.32 Å². The van der Waals surface area contributed by atoms with E-state index in [0.29, 0.717) is 5.56 Å². The molecule has 1 heterocycles. The van der Waals surface area contributed by atoms with E-state index in [4.69, 9.17) is 0 Å². The van der Waals surface area contributed by atoms with E-state index in [-0.39, 0.29) is 11.9 Å². The van der Waals surface area contributed by atoms with Crippen molar-refractivity contribution in [2.45, 2.75) is 19.4 Å². The summed E-state index contributed by atoms with van der Waals surface area (Å²) in [6, 6.07) is 7.69. The van der Waals surface area contributed by atoms with Gasteiger partial charge in [-0.15, -0.1) is 0 Å². The second kappa shape index (κ2) is 5.43. The first-order chi connectivity index (χ1) is 8.20. The van der Waals surface area contributed by atoms with Crippen LogP contribution in [-0.4, -0.2) is 7.05 Å². The van der Waals surface area contributed by atoms with Crippen LogP contribution in [0.3, 0.4) is 0 Å². The van der Waals surface area contributed by atoms with E-state index in [0.717, 1.165) is 12.0 Å². The Morgan fingerprint density at radius 2 is 2.18 bits per heavy atom. The quantitative estimate of drug-likeness (QED) is 0.871. The summed E-state index contributed by atoms with van der Waals surface area (Å²) in [5, 5.41) is 7.52. The second-order valence-corrected chi connectivity index (χ2v) is 4.97. The van der Waals surface area contributed by atoms with Gasteiger partial charge in [0.2, 0.25) is 0 Å². The Morgan fingerprint density at radius 1 is 1.35 bits per heavy atom. The van der Waals surface area contributed by atoms with E-state index in [2.05, 4.69) is 22.1 Å². The first-order valence-electron chi connectivity index (χ1n) is 5.65. The molecule has 2 aromatic rings. The molecule has 0 fully saturated rings. The fourth-order valence-electron chi connectivity index (χ4n) is 1.92. The summed E-state index contributed by atoms with van der Waals surface area (Å²) in [4.78, 5) is 0. The highest BCUT2D eigenvalue weighted by Crippen LogP contribution is 2.21. The Bertz CT molecular complexity index is 479. The average Bonchev–Trinajstić information content (AvgIpc) is 2.82. The Labute approximate surface area is 105 Å². The van der Waals surface area contributed by atoms with E-state index >= 15 is 0 Å². The molecule has 0 spiro atoms. The summed E-state index contributed by atoms with van der Waals surface area (Å²) >= 11 is 1.71. The van der Waals surface area contributed by atoms with Crippen LogP contribution in [-0.2, 0) is 6.42 Å². The third kappa shape index (κ3) is 2.93. The lowest BCUT2D eigenvalue weighted by atomic mass is 9.99. The third-order valence-electron chi connectivity index (χ3n) is 2.95. The van der Waals surface area contributed by atoms with Crippen LogP contribution in [0, 0.1) is 12.7 Å². The van der Waals surface area contributed by atoms with Crippen LogP contribution in [0.5, 0.6) is 0 Å². The van der Waals surface area contributed by atoms with Crippen LogP contribution in [0.1, 0.15) is 22.7 Å². The number of rotatable bonds is 4. The highest BCUT2D eigenvalue weighted by atomic mass is 32.1. The van der Waals surface area contributed by atoms with Crippen molar-refractivity contribution in [2.75, 3.05) is 7.05 Å². The molecule has 0 bridgehead atoms. The molecule has 1 nitrogen and oxygen atoms in total. The molecular formula is C14H16FNS. The van der Waals surface area contributed by atoms with E-state index in [9.17, 15) is 4.39 Å². The van der Waals surface area contributed by atoms with Crippen molar-refractivity contribution in [3.63, 3.8) is 0 Å². The summed E-state index contributed by atoms with van der Waals surface area (Å²) in [7, 11) is 1.94. The largest absolute Gasteiger partial charge is 0.313 e. The van der Waals surface area contributed by atoms with Gasteiger partial charge in [0.15, 0.2) is 0 Å².